The summed E-state index contributed by atoms with van der Waals surface area (Å²) in [7, 11) is -3.63. The summed E-state index contributed by atoms with van der Waals surface area (Å²) in [5.41, 5.74) is 2.24. The number of pyridine rings is 1. The lowest BCUT2D eigenvalue weighted by atomic mass is 10.1. The number of hydrogen-bond acceptors (Lipinski definition) is 5. The van der Waals surface area contributed by atoms with Gasteiger partial charge < -0.3 is 5.11 Å². The van der Waals surface area contributed by atoms with Crippen LogP contribution in [-0.4, -0.2) is 42.5 Å². The fourth-order valence-corrected chi connectivity index (χ4v) is 4.69. The lowest BCUT2D eigenvalue weighted by Crippen LogP contribution is -2.35. The SMILES string of the molecule is CC(CNS(=O)(=O)c1ccc(Cl)cc1)CN(Cc1ccc(C(=O)O)cc1)Cc1cccnc1. The summed E-state index contributed by atoms with van der Waals surface area (Å²) in [6.07, 6.45) is 3.51. The number of aromatic nitrogens is 1. The van der Waals surface area contributed by atoms with Crippen molar-refractivity contribution >= 4 is 27.6 Å². The van der Waals surface area contributed by atoms with Crippen molar-refractivity contribution < 1.29 is 18.3 Å². The van der Waals surface area contributed by atoms with Gasteiger partial charge in [0.1, 0.15) is 0 Å². The predicted octanol–water partition coefficient (Wildman–Crippen LogP) is 4.05. The second-order valence-electron chi connectivity index (χ2n) is 7.94. The number of aromatic carboxylic acids is 1. The largest absolute Gasteiger partial charge is 0.478 e. The van der Waals surface area contributed by atoms with Crippen molar-refractivity contribution in [3.63, 3.8) is 0 Å². The maximum Gasteiger partial charge on any atom is 0.335 e. The minimum atomic E-state index is -3.63. The molecule has 0 fully saturated rings. The zero-order valence-electron chi connectivity index (χ0n) is 18.2. The molecule has 9 heteroatoms. The Bertz CT molecular complexity index is 1150. The molecule has 2 N–H and O–H groups in total. The van der Waals surface area contributed by atoms with E-state index in [4.69, 9.17) is 16.7 Å². The van der Waals surface area contributed by atoms with Crippen LogP contribution < -0.4 is 4.72 Å². The topological polar surface area (TPSA) is 99.6 Å². The van der Waals surface area contributed by atoms with Crippen LogP contribution in [0.15, 0.2) is 78.0 Å². The normalized spacial score (nSPS) is 12.6. The predicted molar refractivity (Wildman–Crippen MR) is 128 cm³/mol. The van der Waals surface area contributed by atoms with Gasteiger partial charge in [0.15, 0.2) is 0 Å². The molecule has 0 saturated heterocycles. The number of nitrogens with one attached hydrogen (secondary N) is 1. The fourth-order valence-electron chi connectivity index (χ4n) is 3.40. The summed E-state index contributed by atoms with van der Waals surface area (Å²) in [5.74, 6) is -0.947. The third-order valence-electron chi connectivity index (χ3n) is 5.05. The van der Waals surface area contributed by atoms with Crippen molar-refractivity contribution in [2.24, 2.45) is 5.92 Å². The van der Waals surface area contributed by atoms with Crippen LogP contribution in [0.2, 0.25) is 5.02 Å². The van der Waals surface area contributed by atoms with Gasteiger partial charge in [-0.05, 0) is 59.5 Å². The van der Waals surface area contributed by atoms with Crippen molar-refractivity contribution in [1.29, 1.82) is 0 Å². The molecule has 33 heavy (non-hydrogen) atoms. The summed E-state index contributed by atoms with van der Waals surface area (Å²) < 4.78 is 27.8. The van der Waals surface area contributed by atoms with Crippen molar-refractivity contribution in [3.05, 3.63) is 94.8 Å². The van der Waals surface area contributed by atoms with Crippen LogP contribution >= 0.6 is 11.6 Å². The van der Waals surface area contributed by atoms with Gasteiger partial charge in [-0.1, -0.05) is 36.7 Å². The first-order valence-electron chi connectivity index (χ1n) is 10.4. The molecule has 3 rings (SSSR count). The molecule has 0 spiro atoms. The Balaban J connectivity index is 1.66. The summed E-state index contributed by atoms with van der Waals surface area (Å²) in [5, 5.41) is 9.59. The summed E-state index contributed by atoms with van der Waals surface area (Å²) >= 11 is 5.85. The lowest BCUT2D eigenvalue weighted by molar-refractivity contribution is 0.0697. The first-order chi connectivity index (χ1) is 15.7. The number of carboxylic acid groups (broad SMARTS) is 1. The number of hydrogen-bond donors (Lipinski definition) is 2. The first-order valence-corrected chi connectivity index (χ1v) is 12.3. The van der Waals surface area contributed by atoms with Gasteiger partial charge in [-0.25, -0.2) is 17.9 Å². The molecule has 0 aliphatic heterocycles. The van der Waals surface area contributed by atoms with Crippen LogP contribution in [0.5, 0.6) is 0 Å². The molecular formula is C24H26ClN3O4S. The summed E-state index contributed by atoms with van der Waals surface area (Å²) in [6, 6.07) is 16.7. The molecule has 1 aromatic heterocycles. The Hall–Kier alpha value is -2.78. The first kappa shape index (κ1) is 24.9. The highest BCUT2D eigenvalue weighted by atomic mass is 35.5. The third kappa shape index (κ3) is 7.64. The number of halogens is 1. The third-order valence-corrected chi connectivity index (χ3v) is 6.74. The number of sulfonamides is 1. The molecule has 0 radical (unpaired) electrons. The quantitative estimate of drug-likeness (QED) is 0.423. The van der Waals surface area contributed by atoms with E-state index >= 15 is 0 Å². The monoisotopic (exact) mass is 487 g/mol. The minimum Gasteiger partial charge on any atom is -0.478 e. The van der Waals surface area contributed by atoms with Crippen LogP contribution in [-0.2, 0) is 23.1 Å². The van der Waals surface area contributed by atoms with Gasteiger partial charge in [-0.3, -0.25) is 9.88 Å². The van der Waals surface area contributed by atoms with Crippen LogP contribution in [0, 0.1) is 5.92 Å². The molecule has 0 saturated carbocycles. The zero-order chi connectivity index (χ0) is 23.8. The maximum absolute atomic E-state index is 12.6. The minimum absolute atomic E-state index is 0.0158. The standard InChI is InChI=1S/C24H26ClN3O4S/c1-18(13-27-33(31,32)23-10-8-22(25)9-11-23)15-28(17-20-3-2-12-26-14-20)16-19-4-6-21(7-5-19)24(29)30/h2-12,14,18,27H,13,15-17H2,1H3,(H,29,30). The Kier molecular flexibility index (Phi) is 8.57. The van der Waals surface area contributed by atoms with Gasteiger partial charge >= 0.3 is 5.97 Å². The van der Waals surface area contributed by atoms with E-state index in [0.717, 1.165) is 11.1 Å². The van der Waals surface area contributed by atoms with Crippen LogP contribution in [0.4, 0.5) is 0 Å². The molecule has 1 unspecified atom stereocenters. The number of rotatable bonds is 11. The van der Waals surface area contributed by atoms with E-state index in [9.17, 15) is 13.2 Å². The van der Waals surface area contributed by atoms with E-state index in [2.05, 4.69) is 14.6 Å². The number of benzene rings is 2. The Morgan fingerprint density at radius 1 is 1.06 bits per heavy atom. The van der Waals surface area contributed by atoms with Crippen molar-refractivity contribution in [3.8, 4) is 0 Å². The highest BCUT2D eigenvalue weighted by Gasteiger charge is 2.17. The summed E-state index contributed by atoms with van der Waals surface area (Å²) in [4.78, 5) is 17.6. The molecule has 1 heterocycles. The average Bonchev–Trinajstić information content (AvgIpc) is 2.79. The molecular weight excluding hydrogens is 462 g/mol. The van der Waals surface area contributed by atoms with Gasteiger partial charge in [0.05, 0.1) is 10.5 Å². The highest BCUT2D eigenvalue weighted by molar-refractivity contribution is 7.89. The maximum atomic E-state index is 12.6. The molecule has 0 bridgehead atoms. The van der Waals surface area contributed by atoms with Gasteiger partial charge in [-0.2, -0.15) is 0 Å². The molecule has 0 amide bonds. The van der Waals surface area contributed by atoms with E-state index in [0.29, 0.717) is 24.7 Å². The zero-order valence-corrected chi connectivity index (χ0v) is 19.8. The highest BCUT2D eigenvalue weighted by Crippen LogP contribution is 2.16. The van der Waals surface area contributed by atoms with Gasteiger partial charge in [0.25, 0.3) is 0 Å². The van der Waals surface area contributed by atoms with Crippen LogP contribution in [0.3, 0.4) is 0 Å². The lowest BCUT2D eigenvalue weighted by Gasteiger charge is -2.26. The van der Waals surface area contributed by atoms with Crippen molar-refractivity contribution in [2.45, 2.75) is 24.9 Å². The molecule has 2 aromatic carbocycles. The molecule has 3 aromatic rings. The number of carboxylic acids is 1. The van der Waals surface area contributed by atoms with Crippen LogP contribution in [0.1, 0.15) is 28.4 Å². The number of nitrogens with zero attached hydrogens (tertiary/aromatic N) is 2. The second-order valence-corrected chi connectivity index (χ2v) is 10.1. The molecule has 0 aliphatic rings. The smallest absolute Gasteiger partial charge is 0.335 e. The van der Waals surface area contributed by atoms with Crippen molar-refractivity contribution in [2.75, 3.05) is 13.1 Å². The Morgan fingerprint density at radius 2 is 1.73 bits per heavy atom. The Labute approximate surface area is 199 Å². The van der Waals surface area contributed by atoms with E-state index in [-0.39, 0.29) is 22.9 Å². The van der Waals surface area contributed by atoms with E-state index in [1.54, 1.807) is 48.8 Å². The Morgan fingerprint density at radius 3 is 2.33 bits per heavy atom. The van der Waals surface area contributed by atoms with Gasteiger partial charge in [0.2, 0.25) is 10.0 Å². The van der Waals surface area contributed by atoms with Crippen molar-refractivity contribution in [1.82, 2.24) is 14.6 Å². The fraction of sp³-hybridized carbons (Fsp3) is 0.250. The number of carbonyl (C=O) groups is 1. The average molecular weight is 488 g/mol. The van der Waals surface area contributed by atoms with E-state index in [1.165, 1.54) is 12.1 Å². The van der Waals surface area contributed by atoms with Gasteiger partial charge in [-0.15, -0.1) is 0 Å². The molecule has 174 valence electrons. The molecule has 0 aliphatic carbocycles. The van der Waals surface area contributed by atoms with Crippen LogP contribution in [0.25, 0.3) is 0 Å². The summed E-state index contributed by atoms with van der Waals surface area (Å²) in [6.45, 7) is 4.09. The molecule has 7 nitrogen and oxygen atoms in total. The van der Waals surface area contributed by atoms with E-state index < -0.39 is 16.0 Å². The van der Waals surface area contributed by atoms with E-state index in [1.807, 2.05) is 19.1 Å². The molecule has 1 atom stereocenters. The second kappa shape index (κ2) is 11.4. The van der Waals surface area contributed by atoms with Gasteiger partial charge in [0, 0.05) is 43.6 Å².